The minimum atomic E-state index is 0.138. The molecule has 0 aromatic carbocycles. The molecule has 0 rings (SSSR count). The van der Waals surface area contributed by atoms with Gasteiger partial charge in [0.15, 0.2) is 0 Å². The molecule has 0 spiro atoms. The molecule has 0 aliphatic rings. The lowest BCUT2D eigenvalue weighted by Crippen LogP contribution is -2.51. The minimum absolute atomic E-state index is 0.138. The number of carbonyl (C=O) groups excluding carboxylic acids is 1. The zero-order valence-electron chi connectivity index (χ0n) is 11.2. The van der Waals surface area contributed by atoms with Crippen LogP contribution >= 0.6 is 0 Å². The minimum Gasteiger partial charge on any atom is -0.330 e. The third kappa shape index (κ3) is 4.94. The van der Waals surface area contributed by atoms with E-state index < -0.39 is 0 Å². The molecule has 4 heteroatoms. The Morgan fingerprint density at radius 3 is 2.00 bits per heavy atom. The van der Waals surface area contributed by atoms with Gasteiger partial charge in [0, 0.05) is 32.1 Å². The summed E-state index contributed by atoms with van der Waals surface area (Å²) in [6, 6.07) is 0.206. The molecule has 0 aliphatic carbocycles. The van der Waals surface area contributed by atoms with Crippen LogP contribution in [0.5, 0.6) is 0 Å². The second kappa shape index (κ2) is 8.53. The topological polar surface area (TPSA) is 49.6 Å². The van der Waals surface area contributed by atoms with Crippen LogP contribution in [0.1, 0.15) is 47.0 Å². The van der Waals surface area contributed by atoms with Crippen molar-refractivity contribution in [2.24, 2.45) is 5.73 Å². The Bertz CT molecular complexity index is 189. The van der Waals surface area contributed by atoms with Crippen molar-refractivity contribution in [1.82, 2.24) is 10.0 Å². The highest BCUT2D eigenvalue weighted by molar-refractivity contribution is 5.76. The SMILES string of the molecule is CCCN(CCC)N(C(=O)CCN)C(C)C. The first kappa shape index (κ1) is 15.4. The maximum Gasteiger partial charge on any atom is 0.238 e. The van der Waals surface area contributed by atoms with Crippen molar-refractivity contribution in [3.63, 3.8) is 0 Å². The van der Waals surface area contributed by atoms with Crippen molar-refractivity contribution in [3.05, 3.63) is 0 Å². The molecule has 16 heavy (non-hydrogen) atoms. The fraction of sp³-hybridized carbons (Fsp3) is 0.917. The van der Waals surface area contributed by atoms with Gasteiger partial charge in [-0.05, 0) is 26.7 Å². The number of hydrogen-bond acceptors (Lipinski definition) is 3. The molecule has 0 aliphatic heterocycles. The van der Waals surface area contributed by atoms with E-state index in [-0.39, 0.29) is 11.9 Å². The van der Waals surface area contributed by atoms with E-state index in [1.807, 2.05) is 18.9 Å². The third-order valence-electron chi connectivity index (χ3n) is 2.37. The largest absolute Gasteiger partial charge is 0.330 e. The highest BCUT2D eigenvalue weighted by atomic mass is 16.2. The molecule has 0 atom stereocenters. The van der Waals surface area contributed by atoms with Crippen molar-refractivity contribution in [2.45, 2.75) is 53.0 Å². The lowest BCUT2D eigenvalue weighted by Gasteiger charge is -2.37. The Morgan fingerprint density at radius 2 is 1.69 bits per heavy atom. The van der Waals surface area contributed by atoms with Crippen LogP contribution in [0.25, 0.3) is 0 Å². The van der Waals surface area contributed by atoms with Gasteiger partial charge in [0.05, 0.1) is 0 Å². The summed E-state index contributed by atoms with van der Waals surface area (Å²) in [6.45, 7) is 10.7. The average molecular weight is 229 g/mol. The summed E-state index contributed by atoms with van der Waals surface area (Å²) in [5, 5.41) is 4.03. The van der Waals surface area contributed by atoms with Gasteiger partial charge in [-0.15, -0.1) is 0 Å². The van der Waals surface area contributed by atoms with Crippen molar-refractivity contribution in [2.75, 3.05) is 19.6 Å². The standard InChI is InChI=1S/C12H27N3O/c1-5-9-14(10-6-2)15(11(3)4)12(16)7-8-13/h11H,5-10,13H2,1-4H3. The van der Waals surface area contributed by atoms with Gasteiger partial charge in [-0.3, -0.25) is 9.80 Å². The zero-order valence-corrected chi connectivity index (χ0v) is 11.2. The normalized spacial score (nSPS) is 11.2. The zero-order chi connectivity index (χ0) is 12.6. The first-order valence-corrected chi connectivity index (χ1v) is 6.35. The molecule has 1 amide bonds. The molecule has 0 bridgehead atoms. The van der Waals surface area contributed by atoms with Crippen molar-refractivity contribution >= 4 is 5.91 Å². The van der Waals surface area contributed by atoms with Crippen LogP contribution in [0.15, 0.2) is 0 Å². The maximum absolute atomic E-state index is 12.0. The van der Waals surface area contributed by atoms with Crippen LogP contribution in [0, 0.1) is 0 Å². The van der Waals surface area contributed by atoms with Crippen LogP contribution in [0.4, 0.5) is 0 Å². The van der Waals surface area contributed by atoms with E-state index >= 15 is 0 Å². The smallest absolute Gasteiger partial charge is 0.238 e. The van der Waals surface area contributed by atoms with Gasteiger partial charge < -0.3 is 5.73 Å². The summed E-state index contributed by atoms with van der Waals surface area (Å²) in [5.41, 5.74) is 5.45. The molecular weight excluding hydrogens is 202 g/mol. The molecule has 4 nitrogen and oxygen atoms in total. The first-order valence-electron chi connectivity index (χ1n) is 6.35. The van der Waals surface area contributed by atoms with Crippen LogP contribution < -0.4 is 5.73 Å². The van der Waals surface area contributed by atoms with Gasteiger partial charge in [0.25, 0.3) is 0 Å². The predicted octanol–water partition coefficient (Wildman–Crippen LogP) is 1.61. The number of amides is 1. The lowest BCUT2D eigenvalue weighted by atomic mass is 10.3. The van der Waals surface area contributed by atoms with Gasteiger partial charge >= 0.3 is 0 Å². The molecule has 0 unspecified atom stereocenters. The van der Waals surface area contributed by atoms with E-state index in [0.29, 0.717) is 13.0 Å². The molecule has 0 radical (unpaired) electrons. The molecule has 2 N–H and O–H groups in total. The van der Waals surface area contributed by atoms with Gasteiger partial charge in [0.1, 0.15) is 0 Å². The predicted molar refractivity (Wildman–Crippen MR) is 67.8 cm³/mol. The van der Waals surface area contributed by atoms with Crippen LogP contribution in [0.2, 0.25) is 0 Å². The monoisotopic (exact) mass is 229 g/mol. The summed E-state index contributed by atoms with van der Waals surface area (Å²) >= 11 is 0. The van der Waals surface area contributed by atoms with Crippen molar-refractivity contribution in [3.8, 4) is 0 Å². The number of hydrazine groups is 1. The van der Waals surface area contributed by atoms with Gasteiger partial charge in [-0.1, -0.05) is 13.8 Å². The summed E-state index contributed by atoms with van der Waals surface area (Å²) < 4.78 is 0. The molecular formula is C12H27N3O. The summed E-state index contributed by atoms with van der Waals surface area (Å²) in [5.74, 6) is 0.138. The van der Waals surface area contributed by atoms with E-state index in [1.165, 1.54) is 0 Å². The van der Waals surface area contributed by atoms with E-state index in [4.69, 9.17) is 5.73 Å². The van der Waals surface area contributed by atoms with Crippen molar-refractivity contribution < 1.29 is 4.79 Å². The Balaban J connectivity index is 4.62. The molecule has 96 valence electrons. The average Bonchev–Trinajstić information content (AvgIpc) is 2.18. The lowest BCUT2D eigenvalue weighted by molar-refractivity contribution is -0.153. The van der Waals surface area contributed by atoms with Crippen LogP contribution in [-0.4, -0.2) is 41.6 Å². The first-order chi connectivity index (χ1) is 7.58. The Hall–Kier alpha value is -0.610. The van der Waals surface area contributed by atoms with E-state index in [2.05, 4.69) is 18.9 Å². The molecule has 0 aromatic rings. The number of hydrogen-bond donors (Lipinski definition) is 1. The number of nitrogens with zero attached hydrogens (tertiary/aromatic N) is 2. The quantitative estimate of drug-likeness (QED) is 0.643. The van der Waals surface area contributed by atoms with E-state index in [9.17, 15) is 4.79 Å². The second-order valence-electron chi connectivity index (χ2n) is 4.32. The molecule has 0 saturated heterocycles. The fourth-order valence-electron chi connectivity index (χ4n) is 1.85. The van der Waals surface area contributed by atoms with Gasteiger partial charge in [-0.2, -0.15) is 0 Å². The highest BCUT2D eigenvalue weighted by Gasteiger charge is 2.22. The maximum atomic E-state index is 12.0. The third-order valence-corrected chi connectivity index (χ3v) is 2.37. The number of carbonyl (C=O) groups is 1. The van der Waals surface area contributed by atoms with Gasteiger partial charge in [0.2, 0.25) is 5.91 Å². The molecule has 0 heterocycles. The van der Waals surface area contributed by atoms with Crippen molar-refractivity contribution in [1.29, 1.82) is 0 Å². The molecule has 0 aromatic heterocycles. The fourth-order valence-corrected chi connectivity index (χ4v) is 1.85. The Morgan fingerprint density at radius 1 is 1.19 bits per heavy atom. The highest BCUT2D eigenvalue weighted by Crippen LogP contribution is 2.09. The molecule has 0 fully saturated rings. The number of nitrogens with two attached hydrogens (primary N) is 1. The van der Waals surface area contributed by atoms with Crippen LogP contribution in [-0.2, 0) is 4.79 Å². The summed E-state index contributed by atoms with van der Waals surface area (Å²) in [6.07, 6.45) is 2.54. The second-order valence-corrected chi connectivity index (χ2v) is 4.32. The Kier molecular flexibility index (Phi) is 8.21. The summed E-state index contributed by atoms with van der Waals surface area (Å²) in [7, 11) is 0. The summed E-state index contributed by atoms with van der Waals surface area (Å²) in [4.78, 5) is 12.0. The van der Waals surface area contributed by atoms with E-state index in [0.717, 1.165) is 25.9 Å². The number of rotatable bonds is 8. The van der Waals surface area contributed by atoms with Crippen LogP contribution in [0.3, 0.4) is 0 Å². The Labute approximate surface area is 99.7 Å². The van der Waals surface area contributed by atoms with E-state index in [1.54, 1.807) is 0 Å². The molecule has 0 saturated carbocycles. The van der Waals surface area contributed by atoms with Gasteiger partial charge in [-0.25, -0.2) is 5.01 Å².